The van der Waals surface area contributed by atoms with E-state index in [2.05, 4.69) is 10.3 Å². The van der Waals surface area contributed by atoms with E-state index in [9.17, 15) is 14.9 Å². The zero-order valence-electron chi connectivity index (χ0n) is 13.3. The highest BCUT2D eigenvalue weighted by Crippen LogP contribution is 2.26. The van der Waals surface area contributed by atoms with Crippen LogP contribution in [0.2, 0.25) is 5.02 Å². The van der Waals surface area contributed by atoms with Gasteiger partial charge in [-0.1, -0.05) is 35.9 Å². The molecule has 0 atom stereocenters. The number of amides is 1. The molecule has 6 nitrogen and oxygen atoms in total. The smallest absolute Gasteiger partial charge is 0.270 e. The van der Waals surface area contributed by atoms with Crippen LogP contribution >= 0.6 is 22.9 Å². The fourth-order valence-corrected chi connectivity index (χ4v) is 2.99. The lowest BCUT2D eigenvalue weighted by Crippen LogP contribution is -2.07. The van der Waals surface area contributed by atoms with Gasteiger partial charge in [0.25, 0.3) is 5.69 Å². The fourth-order valence-electron chi connectivity index (χ4n) is 2.15. The Morgan fingerprint density at radius 2 is 2.00 bits per heavy atom. The molecule has 2 aromatic carbocycles. The molecule has 0 unspecified atom stereocenters. The van der Waals surface area contributed by atoms with Crippen LogP contribution in [0.1, 0.15) is 5.56 Å². The lowest BCUT2D eigenvalue weighted by molar-refractivity contribution is -0.384. The van der Waals surface area contributed by atoms with Gasteiger partial charge in [0.15, 0.2) is 5.13 Å². The summed E-state index contributed by atoms with van der Waals surface area (Å²) in [6.45, 7) is 0. The van der Waals surface area contributed by atoms with Gasteiger partial charge in [-0.15, -0.1) is 11.3 Å². The van der Waals surface area contributed by atoms with E-state index in [-0.39, 0.29) is 11.6 Å². The van der Waals surface area contributed by atoms with Crippen LogP contribution in [-0.2, 0) is 4.79 Å². The molecule has 26 heavy (non-hydrogen) atoms. The summed E-state index contributed by atoms with van der Waals surface area (Å²) in [4.78, 5) is 26.7. The largest absolute Gasteiger partial charge is 0.298 e. The normalized spacial score (nSPS) is 10.8. The van der Waals surface area contributed by atoms with Gasteiger partial charge < -0.3 is 0 Å². The maximum Gasteiger partial charge on any atom is 0.270 e. The number of nitro benzene ring substituents is 1. The van der Waals surface area contributed by atoms with Crippen molar-refractivity contribution in [2.24, 2.45) is 0 Å². The van der Waals surface area contributed by atoms with Gasteiger partial charge >= 0.3 is 0 Å². The number of benzene rings is 2. The minimum Gasteiger partial charge on any atom is -0.298 e. The summed E-state index contributed by atoms with van der Waals surface area (Å²) in [5, 5.41) is 16.4. The molecule has 1 heterocycles. The average Bonchev–Trinajstić information content (AvgIpc) is 3.09. The van der Waals surface area contributed by atoms with Gasteiger partial charge in [-0.2, -0.15) is 0 Å². The molecule has 0 aliphatic rings. The quantitative estimate of drug-likeness (QED) is 0.379. The number of rotatable bonds is 5. The summed E-state index contributed by atoms with van der Waals surface area (Å²) in [5.41, 5.74) is 2.18. The highest BCUT2D eigenvalue weighted by molar-refractivity contribution is 7.14. The highest BCUT2D eigenvalue weighted by Gasteiger charge is 2.07. The maximum atomic E-state index is 12.0. The van der Waals surface area contributed by atoms with Crippen LogP contribution in [0.15, 0.2) is 60.0 Å². The van der Waals surface area contributed by atoms with Gasteiger partial charge in [0.2, 0.25) is 5.91 Å². The van der Waals surface area contributed by atoms with E-state index in [1.807, 2.05) is 17.5 Å². The predicted octanol–water partition coefficient (Wildman–Crippen LogP) is 5.02. The number of aromatic nitrogens is 1. The number of nitro groups is 1. The first-order valence-corrected chi connectivity index (χ1v) is 8.72. The number of non-ortho nitro benzene ring substituents is 1. The second-order valence-electron chi connectivity index (χ2n) is 5.22. The number of nitrogens with zero attached hydrogens (tertiary/aromatic N) is 2. The maximum absolute atomic E-state index is 12.0. The van der Waals surface area contributed by atoms with Crippen LogP contribution in [0.4, 0.5) is 10.8 Å². The molecule has 0 saturated carbocycles. The molecule has 3 rings (SSSR count). The Balaban J connectivity index is 1.66. The van der Waals surface area contributed by atoms with Crippen molar-refractivity contribution in [2.45, 2.75) is 0 Å². The first-order chi connectivity index (χ1) is 12.5. The Hall–Kier alpha value is -3.03. The lowest BCUT2D eigenvalue weighted by atomic mass is 10.2. The first kappa shape index (κ1) is 17.8. The Labute approximate surface area is 157 Å². The Morgan fingerprint density at radius 1 is 1.23 bits per heavy atom. The van der Waals surface area contributed by atoms with E-state index < -0.39 is 4.92 Å². The Bertz CT molecular complexity index is 983. The average molecular weight is 386 g/mol. The molecule has 130 valence electrons. The van der Waals surface area contributed by atoms with Crippen LogP contribution < -0.4 is 5.32 Å². The summed E-state index contributed by atoms with van der Waals surface area (Å²) in [6, 6.07) is 13.3. The van der Waals surface area contributed by atoms with Crippen molar-refractivity contribution in [3.63, 3.8) is 0 Å². The van der Waals surface area contributed by atoms with E-state index in [1.165, 1.54) is 35.6 Å². The molecular formula is C18H12ClN3O3S. The van der Waals surface area contributed by atoms with Crippen molar-refractivity contribution in [3.8, 4) is 11.3 Å². The monoisotopic (exact) mass is 385 g/mol. The minimum atomic E-state index is -0.481. The Morgan fingerprint density at radius 3 is 2.73 bits per heavy atom. The molecule has 1 aromatic heterocycles. The van der Waals surface area contributed by atoms with Gasteiger partial charge in [0.05, 0.1) is 10.6 Å². The van der Waals surface area contributed by atoms with E-state index in [0.717, 1.165) is 11.3 Å². The zero-order chi connectivity index (χ0) is 18.5. The van der Waals surface area contributed by atoms with Crippen LogP contribution in [-0.4, -0.2) is 15.8 Å². The predicted molar refractivity (Wildman–Crippen MR) is 103 cm³/mol. The molecular weight excluding hydrogens is 374 g/mol. The number of hydrogen-bond acceptors (Lipinski definition) is 5. The topological polar surface area (TPSA) is 85.1 Å². The van der Waals surface area contributed by atoms with Crippen molar-refractivity contribution in [2.75, 3.05) is 5.32 Å². The molecule has 0 saturated heterocycles. The minimum absolute atomic E-state index is 0.0277. The number of nitrogens with one attached hydrogen (secondary N) is 1. The molecule has 0 bridgehead atoms. The van der Waals surface area contributed by atoms with E-state index in [4.69, 9.17) is 11.6 Å². The van der Waals surface area contributed by atoms with Crippen molar-refractivity contribution >= 4 is 45.7 Å². The molecule has 8 heteroatoms. The van der Waals surface area contributed by atoms with Gasteiger partial charge in [0.1, 0.15) is 0 Å². The van der Waals surface area contributed by atoms with Gasteiger partial charge in [-0.25, -0.2) is 4.98 Å². The van der Waals surface area contributed by atoms with Crippen LogP contribution in [0.5, 0.6) is 0 Å². The number of carbonyl (C=O) groups excluding carboxylic acids is 1. The standard InChI is InChI=1S/C18H12ClN3O3S/c19-14-7-5-13(6-8-14)16-11-26-18(20-16)21-17(23)9-4-12-2-1-3-15(10-12)22(24)25/h1-11H,(H,20,21,23). The van der Waals surface area contributed by atoms with E-state index in [0.29, 0.717) is 15.7 Å². The second-order valence-corrected chi connectivity index (χ2v) is 6.51. The van der Waals surface area contributed by atoms with E-state index >= 15 is 0 Å². The summed E-state index contributed by atoms with van der Waals surface area (Å²) in [5.74, 6) is -0.367. The fraction of sp³-hybridized carbons (Fsp3) is 0. The molecule has 1 N–H and O–H groups in total. The first-order valence-electron chi connectivity index (χ1n) is 7.46. The number of thiazole rings is 1. The number of carbonyl (C=O) groups is 1. The highest BCUT2D eigenvalue weighted by atomic mass is 35.5. The number of anilines is 1. The second kappa shape index (κ2) is 7.90. The van der Waals surface area contributed by atoms with Crippen LogP contribution in [0.3, 0.4) is 0 Å². The number of hydrogen-bond donors (Lipinski definition) is 1. The SMILES string of the molecule is O=C(C=Cc1cccc([N+](=O)[O-])c1)Nc1nc(-c2ccc(Cl)cc2)cs1. The van der Waals surface area contributed by atoms with Crippen LogP contribution in [0.25, 0.3) is 17.3 Å². The van der Waals surface area contributed by atoms with Crippen molar-refractivity contribution in [1.29, 1.82) is 0 Å². The molecule has 0 spiro atoms. The third-order valence-electron chi connectivity index (χ3n) is 3.38. The number of halogens is 1. The molecule has 3 aromatic rings. The van der Waals surface area contributed by atoms with Crippen molar-refractivity contribution < 1.29 is 9.72 Å². The molecule has 0 aliphatic carbocycles. The van der Waals surface area contributed by atoms with Gasteiger partial charge in [0, 0.05) is 34.2 Å². The zero-order valence-corrected chi connectivity index (χ0v) is 14.8. The van der Waals surface area contributed by atoms with Crippen molar-refractivity contribution in [3.05, 3.63) is 80.7 Å². The molecule has 0 fully saturated rings. The lowest BCUT2D eigenvalue weighted by Gasteiger charge is -1.98. The summed E-state index contributed by atoms with van der Waals surface area (Å²) >= 11 is 7.17. The molecule has 0 aliphatic heterocycles. The molecule has 0 radical (unpaired) electrons. The third kappa shape index (κ3) is 4.53. The van der Waals surface area contributed by atoms with Crippen molar-refractivity contribution in [1.82, 2.24) is 4.98 Å². The summed E-state index contributed by atoms with van der Waals surface area (Å²) < 4.78 is 0. The summed E-state index contributed by atoms with van der Waals surface area (Å²) in [7, 11) is 0. The van der Waals surface area contributed by atoms with Crippen LogP contribution in [0, 0.1) is 10.1 Å². The van der Waals surface area contributed by atoms with Gasteiger partial charge in [-0.3, -0.25) is 20.2 Å². The molecule has 1 amide bonds. The van der Waals surface area contributed by atoms with E-state index in [1.54, 1.807) is 24.3 Å². The third-order valence-corrected chi connectivity index (χ3v) is 4.39. The summed E-state index contributed by atoms with van der Waals surface area (Å²) in [6.07, 6.45) is 2.82. The van der Waals surface area contributed by atoms with Gasteiger partial charge in [-0.05, 0) is 23.8 Å². The Kier molecular flexibility index (Phi) is 5.40.